The van der Waals surface area contributed by atoms with Crippen LogP contribution in [-0.2, 0) is 11.3 Å². The van der Waals surface area contributed by atoms with Crippen molar-refractivity contribution >= 4 is 16.9 Å². The summed E-state index contributed by atoms with van der Waals surface area (Å²) in [6, 6.07) is 10.4. The highest BCUT2D eigenvalue weighted by Crippen LogP contribution is 2.38. The molecular formula is C19H24N4O. The minimum atomic E-state index is 0.346. The molecule has 1 aromatic heterocycles. The van der Waals surface area contributed by atoms with Gasteiger partial charge in [0.2, 0.25) is 0 Å². The van der Waals surface area contributed by atoms with Gasteiger partial charge in [0.25, 0.3) is 0 Å². The third-order valence-corrected chi connectivity index (χ3v) is 5.29. The first-order chi connectivity index (χ1) is 11.8. The summed E-state index contributed by atoms with van der Waals surface area (Å²) < 4.78 is 5.63. The summed E-state index contributed by atoms with van der Waals surface area (Å²) in [7, 11) is 1.86. The third-order valence-electron chi connectivity index (χ3n) is 5.29. The highest BCUT2D eigenvalue weighted by atomic mass is 16.5. The van der Waals surface area contributed by atoms with Crippen molar-refractivity contribution in [3.63, 3.8) is 0 Å². The van der Waals surface area contributed by atoms with Crippen molar-refractivity contribution in [1.82, 2.24) is 15.2 Å². The quantitative estimate of drug-likeness (QED) is 0.681. The highest BCUT2D eigenvalue weighted by molar-refractivity contribution is 5.83. The van der Waals surface area contributed by atoms with Crippen LogP contribution >= 0.6 is 0 Å². The molecule has 0 saturated carbocycles. The van der Waals surface area contributed by atoms with E-state index in [1.807, 2.05) is 19.3 Å². The lowest BCUT2D eigenvalue weighted by Gasteiger charge is -2.25. The lowest BCUT2D eigenvalue weighted by Crippen LogP contribution is -2.41. The zero-order valence-corrected chi connectivity index (χ0v) is 14.2. The molecule has 2 aromatic rings. The van der Waals surface area contributed by atoms with Crippen molar-refractivity contribution in [2.75, 3.05) is 33.4 Å². The van der Waals surface area contributed by atoms with Crippen LogP contribution in [0.15, 0.2) is 41.5 Å². The number of pyridine rings is 1. The van der Waals surface area contributed by atoms with Crippen LogP contribution in [0.5, 0.6) is 0 Å². The number of para-hydroxylation sites is 1. The van der Waals surface area contributed by atoms with E-state index in [9.17, 15) is 0 Å². The number of likely N-dealkylation sites (tertiary alicyclic amines) is 1. The van der Waals surface area contributed by atoms with Gasteiger partial charge in [-0.25, -0.2) is 0 Å². The molecule has 24 heavy (non-hydrogen) atoms. The minimum Gasteiger partial charge on any atom is -0.381 e. The van der Waals surface area contributed by atoms with Crippen molar-refractivity contribution in [3.8, 4) is 0 Å². The Morgan fingerprint density at radius 1 is 1.33 bits per heavy atom. The second-order valence-corrected chi connectivity index (χ2v) is 6.87. The zero-order valence-electron chi connectivity index (χ0n) is 14.2. The molecule has 0 bridgehead atoms. The van der Waals surface area contributed by atoms with E-state index in [1.165, 1.54) is 23.8 Å². The van der Waals surface area contributed by atoms with Crippen LogP contribution in [0, 0.1) is 5.41 Å². The van der Waals surface area contributed by atoms with E-state index in [1.54, 1.807) is 0 Å². The van der Waals surface area contributed by atoms with E-state index in [4.69, 9.17) is 4.74 Å². The van der Waals surface area contributed by atoms with Crippen molar-refractivity contribution < 1.29 is 4.74 Å². The summed E-state index contributed by atoms with van der Waals surface area (Å²) >= 11 is 0. The molecule has 0 aliphatic carbocycles. The maximum absolute atomic E-state index is 5.63. The van der Waals surface area contributed by atoms with Crippen LogP contribution < -0.4 is 5.32 Å². The van der Waals surface area contributed by atoms with Gasteiger partial charge in [-0.3, -0.25) is 9.98 Å². The Morgan fingerprint density at radius 3 is 3.08 bits per heavy atom. The summed E-state index contributed by atoms with van der Waals surface area (Å²) in [5, 5.41) is 4.70. The number of hydrogen-bond acceptors (Lipinski definition) is 3. The first kappa shape index (κ1) is 15.4. The van der Waals surface area contributed by atoms with Crippen LogP contribution in [0.4, 0.5) is 0 Å². The number of nitrogens with zero attached hydrogens (tertiary/aromatic N) is 3. The standard InChI is InChI=1S/C19H24N4O/c1-20-18(23-10-7-19(13-23)8-11-24-14-19)22-12-16-5-2-4-15-6-3-9-21-17(15)16/h2-6,9H,7-8,10-14H2,1H3,(H,20,22). The van der Waals surface area contributed by atoms with Gasteiger partial charge in [0.15, 0.2) is 5.96 Å². The summed E-state index contributed by atoms with van der Waals surface area (Å²) in [5.74, 6) is 0.978. The minimum absolute atomic E-state index is 0.346. The Hall–Kier alpha value is -2.14. The predicted octanol–water partition coefficient (Wildman–Crippen LogP) is 2.42. The predicted molar refractivity (Wildman–Crippen MR) is 96.0 cm³/mol. The first-order valence-corrected chi connectivity index (χ1v) is 8.66. The number of aliphatic imine (C=N–C) groups is 1. The highest BCUT2D eigenvalue weighted by Gasteiger charge is 2.42. The molecule has 4 rings (SSSR count). The van der Waals surface area contributed by atoms with Crippen LogP contribution in [0.1, 0.15) is 18.4 Å². The number of nitrogens with one attached hydrogen (secondary N) is 1. The topological polar surface area (TPSA) is 49.8 Å². The van der Waals surface area contributed by atoms with Crippen LogP contribution in [0.25, 0.3) is 10.9 Å². The molecular weight excluding hydrogens is 300 g/mol. The van der Waals surface area contributed by atoms with E-state index in [-0.39, 0.29) is 0 Å². The average Bonchev–Trinajstić information content (AvgIpc) is 3.26. The molecule has 2 fully saturated rings. The van der Waals surface area contributed by atoms with E-state index in [2.05, 4.69) is 44.5 Å². The first-order valence-electron chi connectivity index (χ1n) is 8.66. The van der Waals surface area contributed by atoms with Gasteiger partial charge in [-0.2, -0.15) is 0 Å². The molecule has 1 unspecified atom stereocenters. The SMILES string of the molecule is CN=C(NCc1cccc2cccnc12)N1CCC2(CCOC2)C1. The smallest absolute Gasteiger partial charge is 0.193 e. The lowest BCUT2D eigenvalue weighted by atomic mass is 9.87. The normalized spacial score (nSPS) is 24.2. The molecule has 5 heteroatoms. The van der Waals surface area contributed by atoms with Gasteiger partial charge in [0.1, 0.15) is 0 Å². The van der Waals surface area contributed by atoms with Crippen LogP contribution in [-0.4, -0.2) is 49.2 Å². The van der Waals surface area contributed by atoms with Crippen molar-refractivity contribution in [2.24, 2.45) is 10.4 Å². The largest absolute Gasteiger partial charge is 0.381 e. The van der Waals surface area contributed by atoms with Crippen molar-refractivity contribution in [3.05, 3.63) is 42.1 Å². The molecule has 1 atom stereocenters. The number of rotatable bonds is 2. The fraction of sp³-hybridized carbons (Fsp3) is 0.474. The summed E-state index contributed by atoms with van der Waals surface area (Å²) in [4.78, 5) is 11.4. The molecule has 0 amide bonds. The Bertz CT molecular complexity index is 747. The monoisotopic (exact) mass is 324 g/mol. The van der Waals surface area contributed by atoms with E-state index >= 15 is 0 Å². The molecule has 2 saturated heterocycles. The van der Waals surface area contributed by atoms with Gasteiger partial charge in [0.05, 0.1) is 12.1 Å². The second-order valence-electron chi connectivity index (χ2n) is 6.87. The maximum Gasteiger partial charge on any atom is 0.193 e. The third kappa shape index (κ3) is 2.84. The summed E-state index contributed by atoms with van der Waals surface area (Å²) in [6.45, 7) is 4.63. The summed E-state index contributed by atoms with van der Waals surface area (Å²) in [6.07, 6.45) is 4.22. The molecule has 0 radical (unpaired) electrons. The van der Waals surface area contributed by atoms with E-state index in [0.717, 1.165) is 44.3 Å². The van der Waals surface area contributed by atoms with Gasteiger partial charge in [-0.15, -0.1) is 0 Å². The number of guanidine groups is 1. The zero-order chi connectivity index (χ0) is 16.4. The Labute approximate surface area is 142 Å². The molecule has 1 aromatic carbocycles. The Kier molecular flexibility index (Phi) is 4.10. The Morgan fingerprint density at radius 2 is 2.25 bits per heavy atom. The fourth-order valence-corrected chi connectivity index (χ4v) is 3.90. The van der Waals surface area contributed by atoms with E-state index < -0.39 is 0 Å². The number of hydrogen-bond donors (Lipinski definition) is 1. The van der Waals surface area contributed by atoms with Crippen molar-refractivity contribution in [2.45, 2.75) is 19.4 Å². The lowest BCUT2D eigenvalue weighted by molar-refractivity contribution is 0.156. The molecule has 5 nitrogen and oxygen atoms in total. The number of ether oxygens (including phenoxy) is 1. The van der Waals surface area contributed by atoms with E-state index in [0.29, 0.717) is 5.41 Å². The van der Waals surface area contributed by atoms with Crippen LogP contribution in [0.3, 0.4) is 0 Å². The molecule has 3 heterocycles. The molecule has 1 N–H and O–H groups in total. The van der Waals surface area contributed by atoms with Crippen molar-refractivity contribution in [1.29, 1.82) is 0 Å². The van der Waals surface area contributed by atoms with Gasteiger partial charge < -0.3 is 15.0 Å². The maximum atomic E-state index is 5.63. The van der Waals surface area contributed by atoms with Gasteiger partial charge in [-0.1, -0.05) is 24.3 Å². The Balaban J connectivity index is 1.46. The number of aromatic nitrogens is 1. The van der Waals surface area contributed by atoms with Gasteiger partial charge >= 0.3 is 0 Å². The molecule has 126 valence electrons. The molecule has 2 aliphatic heterocycles. The van der Waals surface area contributed by atoms with Crippen LogP contribution in [0.2, 0.25) is 0 Å². The number of benzene rings is 1. The number of fused-ring (bicyclic) bond motifs is 1. The molecule has 2 aliphatic rings. The molecule has 1 spiro atoms. The summed E-state index contributed by atoms with van der Waals surface area (Å²) in [5.41, 5.74) is 2.61. The average molecular weight is 324 g/mol. The fourth-order valence-electron chi connectivity index (χ4n) is 3.90. The van der Waals surface area contributed by atoms with Gasteiger partial charge in [-0.05, 0) is 24.5 Å². The van der Waals surface area contributed by atoms with Gasteiger partial charge in [0, 0.05) is 50.3 Å². The second kappa shape index (κ2) is 6.40.